The molecule has 6 heteroatoms. The average Bonchev–Trinajstić information content (AvgIpc) is 3.11. The van der Waals surface area contributed by atoms with Crippen LogP contribution in [0.1, 0.15) is 50.7 Å². The number of ether oxygens (including phenoxy) is 1. The minimum atomic E-state index is 0.0754. The summed E-state index contributed by atoms with van der Waals surface area (Å²) in [6.45, 7) is 7.27. The largest absolute Gasteiger partial charge is 0.373 e. The van der Waals surface area contributed by atoms with Crippen molar-refractivity contribution in [2.24, 2.45) is 16.3 Å². The molecule has 2 N–H and O–H groups in total. The number of guanidine groups is 1. The first-order chi connectivity index (χ1) is 14.2. The Hall–Kier alpha value is -2.08. The zero-order valence-electron chi connectivity index (χ0n) is 17.5. The van der Waals surface area contributed by atoms with Crippen molar-refractivity contribution in [3.8, 4) is 0 Å². The highest BCUT2D eigenvalue weighted by atomic mass is 16.5. The van der Waals surface area contributed by atoms with Gasteiger partial charge in [0.05, 0.1) is 6.10 Å². The maximum Gasteiger partial charge on any atom is 0.220 e. The van der Waals surface area contributed by atoms with Gasteiger partial charge >= 0.3 is 0 Å². The van der Waals surface area contributed by atoms with Gasteiger partial charge in [0.25, 0.3) is 0 Å². The SMILES string of the molecule is CCNC(=NCC1CCCOC1c1ccccc1)N1CCCC2(CNC(=O)C2)C1. The normalized spacial score (nSPS) is 30.4. The summed E-state index contributed by atoms with van der Waals surface area (Å²) in [4.78, 5) is 19.3. The van der Waals surface area contributed by atoms with Crippen molar-refractivity contribution in [1.82, 2.24) is 15.5 Å². The van der Waals surface area contributed by atoms with Crippen LogP contribution in [0.5, 0.6) is 0 Å². The molecule has 3 aliphatic rings. The quantitative estimate of drug-likeness (QED) is 0.605. The van der Waals surface area contributed by atoms with Crippen LogP contribution >= 0.6 is 0 Å². The van der Waals surface area contributed by atoms with Crippen molar-refractivity contribution >= 4 is 11.9 Å². The van der Waals surface area contributed by atoms with Crippen LogP contribution in [0, 0.1) is 11.3 Å². The molecule has 0 bridgehead atoms. The third-order valence-electron chi connectivity index (χ3n) is 6.54. The van der Waals surface area contributed by atoms with Crippen molar-refractivity contribution in [1.29, 1.82) is 0 Å². The number of amides is 1. The monoisotopic (exact) mass is 398 g/mol. The van der Waals surface area contributed by atoms with E-state index in [1.807, 2.05) is 0 Å². The predicted molar refractivity (Wildman–Crippen MR) is 115 cm³/mol. The van der Waals surface area contributed by atoms with E-state index < -0.39 is 0 Å². The van der Waals surface area contributed by atoms with Crippen LogP contribution in [0.15, 0.2) is 35.3 Å². The summed E-state index contributed by atoms with van der Waals surface area (Å²) >= 11 is 0. The summed E-state index contributed by atoms with van der Waals surface area (Å²) in [6.07, 6.45) is 5.24. The predicted octanol–water partition coefficient (Wildman–Crippen LogP) is 2.72. The first kappa shape index (κ1) is 20.2. The molecule has 29 heavy (non-hydrogen) atoms. The third-order valence-corrected chi connectivity index (χ3v) is 6.54. The van der Waals surface area contributed by atoms with E-state index in [1.165, 1.54) is 5.56 Å². The van der Waals surface area contributed by atoms with E-state index in [1.54, 1.807) is 0 Å². The lowest BCUT2D eigenvalue weighted by Gasteiger charge is -2.41. The zero-order valence-corrected chi connectivity index (χ0v) is 17.5. The minimum absolute atomic E-state index is 0.0754. The fourth-order valence-electron chi connectivity index (χ4n) is 5.10. The van der Waals surface area contributed by atoms with E-state index in [0.717, 1.165) is 71.0 Å². The maximum absolute atomic E-state index is 11.8. The van der Waals surface area contributed by atoms with Crippen molar-refractivity contribution in [3.63, 3.8) is 0 Å². The molecule has 3 fully saturated rings. The summed E-state index contributed by atoms with van der Waals surface area (Å²) in [5, 5.41) is 6.53. The van der Waals surface area contributed by atoms with Gasteiger partial charge in [0.2, 0.25) is 5.91 Å². The van der Waals surface area contributed by atoms with E-state index in [9.17, 15) is 4.79 Å². The van der Waals surface area contributed by atoms with Gasteiger partial charge in [-0.05, 0) is 38.2 Å². The number of benzene rings is 1. The van der Waals surface area contributed by atoms with Crippen molar-refractivity contribution in [2.75, 3.05) is 39.3 Å². The molecule has 3 unspecified atom stereocenters. The number of likely N-dealkylation sites (tertiary alicyclic amines) is 1. The van der Waals surface area contributed by atoms with Crippen molar-refractivity contribution in [2.45, 2.75) is 45.1 Å². The second-order valence-electron chi connectivity index (χ2n) is 8.78. The Bertz CT molecular complexity index is 723. The van der Waals surface area contributed by atoms with E-state index in [2.05, 4.69) is 52.8 Å². The Morgan fingerprint density at radius 3 is 2.97 bits per heavy atom. The molecule has 1 aromatic rings. The Morgan fingerprint density at radius 1 is 1.34 bits per heavy atom. The number of nitrogens with one attached hydrogen (secondary N) is 2. The smallest absolute Gasteiger partial charge is 0.220 e. The fourth-order valence-corrected chi connectivity index (χ4v) is 5.10. The van der Waals surface area contributed by atoms with Crippen LogP contribution in [0.25, 0.3) is 0 Å². The Kier molecular flexibility index (Phi) is 6.38. The van der Waals surface area contributed by atoms with Gasteiger partial charge in [0.15, 0.2) is 5.96 Å². The van der Waals surface area contributed by atoms with E-state index in [4.69, 9.17) is 9.73 Å². The molecule has 0 aromatic heterocycles. The number of nitrogens with zero attached hydrogens (tertiary/aromatic N) is 2. The molecular weight excluding hydrogens is 364 g/mol. The van der Waals surface area contributed by atoms with Crippen LogP contribution < -0.4 is 10.6 Å². The van der Waals surface area contributed by atoms with Gasteiger partial charge in [0, 0.05) is 57.1 Å². The highest BCUT2D eigenvalue weighted by Gasteiger charge is 2.42. The molecule has 1 spiro atoms. The number of carbonyl (C=O) groups excluding carboxylic acids is 1. The number of aliphatic imine (C=N–C) groups is 1. The number of hydrogen-bond acceptors (Lipinski definition) is 3. The number of rotatable bonds is 4. The molecule has 4 rings (SSSR count). The van der Waals surface area contributed by atoms with Crippen LogP contribution in [0.2, 0.25) is 0 Å². The highest BCUT2D eigenvalue weighted by molar-refractivity contribution is 5.81. The van der Waals surface area contributed by atoms with Gasteiger partial charge in [0.1, 0.15) is 0 Å². The third kappa shape index (κ3) is 4.74. The lowest BCUT2D eigenvalue weighted by Crippen LogP contribution is -2.51. The molecule has 0 radical (unpaired) electrons. The molecule has 6 nitrogen and oxygen atoms in total. The molecular formula is C23H34N4O2. The Morgan fingerprint density at radius 2 is 2.21 bits per heavy atom. The topological polar surface area (TPSA) is 66.0 Å². The first-order valence-corrected chi connectivity index (χ1v) is 11.2. The zero-order chi connectivity index (χ0) is 20.1. The number of carbonyl (C=O) groups is 1. The van der Waals surface area contributed by atoms with Gasteiger partial charge in [-0.2, -0.15) is 0 Å². The first-order valence-electron chi connectivity index (χ1n) is 11.2. The average molecular weight is 399 g/mol. The summed E-state index contributed by atoms with van der Waals surface area (Å²) in [5.41, 5.74) is 1.33. The van der Waals surface area contributed by atoms with Gasteiger partial charge in [-0.3, -0.25) is 9.79 Å². The summed E-state index contributed by atoms with van der Waals surface area (Å²) in [7, 11) is 0. The summed E-state index contributed by atoms with van der Waals surface area (Å²) < 4.78 is 6.15. The minimum Gasteiger partial charge on any atom is -0.373 e. The number of hydrogen-bond donors (Lipinski definition) is 2. The summed E-state index contributed by atoms with van der Waals surface area (Å²) in [5.74, 6) is 1.58. The van der Waals surface area contributed by atoms with E-state index in [-0.39, 0.29) is 17.4 Å². The second-order valence-corrected chi connectivity index (χ2v) is 8.78. The van der Waals surface area contributed by atoms with Crippen molar-refractivity contribution in [3.05, 3.63) is 35.9 Å². The molecule has 3 atom stereocenters. The standard InChI is InChI=1S/C23H34N4O2/c1-2-24-22(27-12-7-11-23(17-27)14-20(28)26-16-23)25-15-19-10-6-13-29-21(19)18-8-4-3-5-9-18/h3-5,8-9,19,21H,2,6-7,10-17H2,1H3,(H,24,25)(H,26,28). The van der Waals surface area contributed by atoms with Crippen LogP contribution in [0.3, 0.4) is 0 Å². The Balaban J connectivity index is 1.47. The lowest BCUT2D eigenvalue weighted by atomic mass is 9.79. The van der Waals surface area contributed by atoms with E-state index in [0.29, 0.717) is 12.3 Å². The Labute approximate surface area is 174 Å². The molecule has 3 aliphatic heterocycles. The molecule has 1 amide bonds. The van der Waals surface area contributed by atoms with E-state index >= 15 is 0 Å². The molecule has 3 heterocycles. The van der Waals surface area contributed by atoms with Crippen molar-refractivity contribution < 1.29 is 9.53 Å². The molecule has 3 saturated heterocycles. The maximum atomic E-state index is 11.8. The lowest BCUT2D eigenvalue weighted by molar-refractivity contribution is -0.119. The molecule has 0 aliphatic carbocycles. The van der Waals surface area contributed by atoms with Gasteiger partial charge < -0.3 is 20.3 Å². The molecule has 1 aromatic carbocycles. The van der Waals surface area contributed by atoms with Crippen LogP contribution in [-0.4, -0.2) is 56.1 Å². The van der Waals surface area contributed by atoms with Gasteiger partial charge in [-0.1, -0.05) is 30.3 Å². The molecule has 0 saturated carbocycles. The fraction of sp³-hybridized carbons (Fsp3) is 0.652. The van der Waals surface area contributed by atoms with Crippen LogP contribution in [-0.2, 0) is 9.53 Å². The van der Waals surface area contributed by atoms with Gasteiger partial charge in [-0.15, -0.1) is 0 Å². The summed E-state index contributed by atoms with van der Waals surface area (Å²) in [6, 6.07) is 10.5. The highest BCUT2D eigenvalue weighted by Crippen LogP contribution is 2.36. The second kappa shape index (κ2) is 9.16. The molecule has 158 valence electrons. The number of piperidine rings is 1. The van der Waals surface area contributed by atoms with Gasteiger partial charge in [-0.25, -0.2) is 0 Å². The van der Waals surface area contributed by atoms with Crippen LogP contribution in [0.4, 0.5) is 0 Å².